The van der Waals surface area contributed by atoms with E-state index in [1.54, 1.807) is 0 Å². The molecule has 1 aliphatic heterocycles. The Morgan fingerprint density at radius 1 is 1.43 bits per heavy atom. The molecule has 0 aromatic carbocycles. The van der Waals surface area contributed by atoms with Crippen molar-refractivity contribution in [1.82, 2.24) is 15.3 Å². The van der Waals surface area contributed by atoms with E-state index in [4.69, 9.17) is 12.2 Å². The number of aromatic nitrogens is 2. The number of fused-ring (bicyclic) bond motifs is 1. The summed E-state index contributed by atoms with van der Waals surface area (Å²) in [6.07, 6.45) is 0. The van der Waals surface area contributed by atoms with Gasteiger partial charge in [0.2, 0.25) is 0 Å². The molecule has 0 amide bonds. The Morgan fingerprint density at radius 2 is 2.21 bits per heavy atom. The number of H-pyrrole nitrogens is 1. The van der Waals surface area contributed by atoms with Gasteiger partial charge in [0.05, 0.1) is 0 Å². The molecule has 3 N–H and O–H groups in total. The van der Waals surface area contributed by atoms with Gasteiger partial charge in [0.15, 0.2) is 4.77 Å². The quantitative estimate of drug-likeness (QED) is 0.648. The summed E-state index contributed by atoms with van der Waals surface area (Å²) < 4.78 is 0.551. The first-order valence-corrected chi connectivity index (χ1v) is 5.17. The van der Waals surface area contributed by atoms with Crippen LogP contribution < -0.4 is 10.6 Å². The first-order valence-electron chi connectivity index (χ1n) is 4.76. The highest BCUT2D eigenvalue weighted by atomic mass is 32.1. The molecule has 0 saturated carbocycles. The molecule has 14 heavy (non-hydrogen) atoms. The third-order valence-electron chi connectivity index (χ3n) is 2.15. The maximum atomic E-state index is 5.06. The molecule has 2 heterocycles. The summed E-state index contributed by atoms with van der Waals surface area (Å²) in [5.74, 6) is 0.920. The third kappa shape index (κ3) is 1.78. The van der Waals surface area contributed by atoms with Crippen LogP contribution in [-0.4, -0.2) is 16.0 Å². The molecule has 0 unspecified atom stereocenters. The Morgan fingerprint density at radius 3 is 2.93 bits per heavy atom. The van der Waals surface area contributed by atoms with Crippen molar-refractivity contribution in [3.05, 3.63) is 16.0 Å². The Balaban J connectivity index is 2.43. The summed E-state index contributed by atoms with van der Waals surface area (Å²) in [4.78, 5) is 7.40. The number of anilines is 1. The van der Waals surface area contributed by atoms with Crippen molar-refractivity contribution in [2.45, 2.75) is 33.0 Å². The first kappa shape index (κ1) is 9.61. The molecule has 2 rings (SSSR count). The second-order valence-electron chi connectivity index (χ2n) is 3.75. The Kier molecular flexibility index (Phi) is 2.52. The number of nitrogens with zero attached hydrogens (tertiary/aromatic N) is 1. The van der Waals surface area contributed by atoms with Crippen LogP contribution in [0.3, 0.4) is 0 Å². The van der Waals surface area contributed by atoms with Crippen LogP contribution in [0.5, 0.6) is 0 Å². The maximum Gasteiger partial charge on any atom is 0.199 e. The van der Waals surface area contributed by atoms with Crippen LogP contribution in [0.1, 0.15) is 25.1 Å². The molecule has 0 atom stereocenters. The summed E-state index contributed by atoms with van der Waals surface area (Å²) in [6, 6.07) is 0.379. The highest BCUT2D eigenvalue weighted by Gasteiger charge is 2.16. The smallest absolute Gasteiger partial charge is 0.199 e. The molecule has 0 radical (unpaired) electrons. The van der Waals surface area contributed by atoms with Gasteiger partial charge in [-0.2, -0.15) is 0 Å². The van der Waals surface area contributed by atoms with Gasteiger partial charge in [-0.15, -0.1) is 0 Å². The number of hydrogen-bond donors (Lipinski definition) is 3. The lowest BCUT2D eigenvalue weighted by Gasteiger charge is -2.12. The van der Waals surface area contributed by atoms with Crippen LogP contribution in [0.4, 0.5) is 5.82 Å². The van der Waals surface area contributed by atoms with E-state index in [-0.39, 0.29) is 0 Å². The van der Waals surface area contributed by atoms with E-state index in [9.17, 15) is 0 Å². The predicted octanol–water partition coefficient (Wildman–Crippen LogP) is 1.56. The van der Waals surface area contributed by atoms with Gasteiger partial charge in [-0.1, -0.05) is 0 Å². The van der Waals surface area contributed by atoms with E-state index in [0.29, 0.717) is 10.8 Å². The van der Waals surface area contributed by atoms with Gasteiger partial charge >= 0.3 is 0 Å². The van der Waals surface area contributed by atoms with Gasteiger partial charge in [-0.25, -0.2) is 4.98 Å². The third-order valence-corrected chi connectivity index (χ3v) is 2.34. The van der Waals surface area contributed by atoms with Crippen molar-refractivity contribution in [2.24, 2.45) is 0 Å². The van der Waals surface area contributed by atoms with Crippen LogP contribution in [0.25, 0.3) is 0 Å². The molecule has 1 aromatic rings. The van der Waals surface area contributed by atoms with Crippen molar-refractivity contribution in [3.8, 4) is 0 Å². The summed E-state index contributed by atoms with van der Waals surface area (Å²) in [5.41, 5.74) is 2.38. The Labute approximate surface area is 88.1 Å². The van der Waals surface area contributed by atoms with E-state index >= 15 is 0 Å². The topological polar surface area (TPSA) is 52.7 Å². The van der Waals surface area contributed by atoms with Crippen molar-refractivity contribution in [3.63, 3.8) is 0 Å². The molecule has 5 heteroatoms. The van der Waals surface area contributed by atoms with Crippen LogP contribution >= 0.6 is 12.2 Å². The van der Waals surface area contributed by atoms with Gasteiger partial charge in [0, 0.05) is 30.4 Å². The molecular formula is C9H14N4S. The minimum absolute atomic E-state index is 0.379. The zero-order valence-corrected chi connectivity index (χ0v) is 9.16. The molecular weight excluding hydrogens is 196 g/mol. The van der Waals surface area contributed by atoms with Gasteiger partial charge in [0.1, 0.15) is 5.82 Å². The van der Waals surface area contributed by atoms with Gasteiger partial charge in [-0.3, -0.25) is 0 Å². The number of nitrogens with one attached hydrogen (secondary N) is 3. The molecule has 0 bridgehead atoms. The first-order chi connectivity index (χ1) is 6.66. The lowest BCUT2D eigenvalue weighted by atomic mass is 10.2. The minimum Gasteiger partial charge on any atom is -0.367 e. The summed E-state index contributed by atoms with van der Waals surface area (Å²) in [5, 5.41) is 6.58. The Hall–Kier alpha value is -0.940. The fraction of sp³-hybridized carbons (Fsp3) is 0.556. The molecule has 0 spiro atoms. The van der Waals surface area contributed by atoms with E-state index in [2.05, 4.69) is 34.4 Å². The van der Waals surface area contributed by atoms with Crippen molar-refractivity contribution in [1.29, 1.82) is 0 Å². The van der Waals surface area contributed by atoms with Crippen LogP contribution in [0, 0.1) is 4.77 Å². The van der Waals surface area contributed by atoms with E-state index < -0.39 is 0 Å². The lowest BCUT2D eigenvalue weighted by Crippen LogP contribution is -2.14. The molecule has 4 nitrogen and oxygen atoms in total. The second kappa shape index (κ2) is 3.67. The monoisotopic (exact) mass is 210 g/mol. The maximum absolute atomic E-state index is 5.06. The van der Waals surface area contributed by atoms with Crippen LogP contribution in [-0.2, 0) is 13.1 Å². The molecule has 0 aliphatic carbocycles. The minimum atomic E-state index is 0.379. The highest BCUT2D eigenvalue weighted by molar-refractivity contribution is 7.71. The SMILES string of the molecule is CC(C)Nc1nc(=S)[nH]c2c1CNC2. The number of hydrogen-bond acceptors (Lipinski definition) is 4. The second-order valence-corrected chi connectivity index (χ2v) is 4.14. The molecule has 0 saturated heterocycles. The number of rotatable bonds is 2. The summed E-state index contributed by atoms with van der Waals surface area (Å²) in [7, 11) is 0. The van der Waals surface area contributed by atoms with Crippen molar-refractivity contribution in [2.75, 3.05) is 5.32 Å². The van der Waals surface area contributed by atoms with Crippen molar-refractivity contribution < 1.29 is 0 Å². The predicted molar refractivity (Wildman–Crippen MR) is 58.7 cm³/mol. The number of aromatic amines is 1. The molecule has 76 valence electrons. The standard InChI is InChI=1S/C9H14N4S/c1-5(2)11-8-6-3-10-4-7(6)12-9(14)13-8/h5,10H,3-4H2,1-2H3,(H2,11,12,13,14). The molecule has 1 aliphatic rings. The normalized spacial score (nSPS) is 14.5. The zero-order chi connectivity index (χ0) is 10.1. The molecule has 0 fully saturated rings. The van der Waals surface area contributed by atoms with E-state index in [1.807, 2.05) is 0 Å². The molecule has 1 aromatic heterocycles. The largest absolute Gasteiger partial charge is 0.367 e. The van der Waals surface area contributed by atoms with Gasteiger partial charge in [-0.05, 0) is 26.1 Å². The Bertz CT molecular complexity index is 396. The zero-order valence-electron chi connectivity index (χ0n) is 8.35. The van der Waals surface area contributed by atoms with E-state index in [1.165, 1.54) is 5.56 Å². The summed E-state index contributed by atoms with van der Waals surface area (Å²) >= 11 is 5.06. The fourth-order valence-corrected chi connectivity index (χ4v) is 1.81. The van der Waals surface area contributed by atoms with Gasteiger partial charge in [0.25, 0.3) is 0 Å². The average Bonchev–Trinajstić information content (AvgIpc) is 2.50. The highest BCUT2D eigenvalue weighted by Crippen LogP contribution is 2.20. The van der Waals surface area contributed by atoms with Crippen LogP contribution in [0.2, 0.25) is 0 Å². The summed E-state index contributed by atoms with van der Waals surface area (Å²) in [6.45, 7) is 5.91. The van der Waals surface area contributed by atoms with E-state index in [0.717, 1.165) is 24.6 Å². The fourth-order valence-electron chi connectivity index (χ4n) is 1.59. The average molecular weight is 210 g/mol. The van der Waals surface area contributed by atoms with Crippen molar-refractivity contribution >= 4 is 18.0 Å². The lowest BCUT2D eigenvalue weighted by molar-refractivity contribution is 0.757. The van der Waals surface area contributed by atoms with Gasteiger partial charge < -0.3 is 15.6 Å². The van der Waals surface area contributed by atoms with Crippen LogP contribution in [0.15, 0.2) is 0 Å².